The van der Waals surface area contributed by atoms with Gasteiger partial charge in [-0.3, -0.25) is 0 Å². The zero-order chi connectivity index (χ0) is 14.1. The van der Waals surface area contributed by atoms with Gasteiger partial charge in [-0.2, -0.15) is 0 Å². The monoisotopic (exact) mass is 281 g/mol. The maximum absolute atomic E-state index is 5.97. The normalized spacial score (nSPS) is 17.1. The third-order valence-electron chi connectivity index (χ3n) is 4.35. The molecular formula is C17H19N3O. The fraction of sp³-hybridized carbons (Fsp3) is 0.412. The molecule has 2 aromatic heterocycles. The first-order chi connectivity index (χ1) is 10.4. The van der Waals surface area contributed by atoms with E-state index in [-0.39, 0.29) is 0 Å². The van der Waals surface area contributed by atoms with Crippen molar-refractivity contribution >= 4 is 27.9 Å². The number of furan rings is 1. The molecule has 0 radical (unpaired) electrons. The lowest BCUT2D eigenvalue weighted by atomic mass is 10.1. The Morgan fingerprint density at radius 1 is 1.00 bits per heavy atom. The molecule has 1 aliphatic rings. The molecule has 1 aromatic carbocycles. The van der Waals surface area contributed by atoms with Crippen LogP contribution in [0.3, 0.4) is 0 Å². The van der Waals surface area contributed by atoms with E-state index < -0.39 is 0 Å². The Hall–Kier alpha value is -2.10. The summed E-state index contributed by atoms with van der Waals surface area (Å²) in [4.78, 5) is 8.81. The number of hydrogen-bond acceptors (Lipinski definition) is 4. The number of fused-ring (bicyclic) bond motifs is 3. The second-order valence-electron chi connectivity index (χ2n) is 5.83. The van der Waals surface area contributed by atoms with Crippen LogP contribution in [0.2, 0.25) is 0 Å². The molecule has 3 aromatic rings. The van der Waals surface area contributed by atoms with E-state index in [1.807, 2.05) is 24.3 Å². The van der Waals surface area contributed by atoms with E-state index in [0.29, 0.717) is 6.04 Å². The molecule has 108 valence electrons. The minimum atomic E-state index is 0.499. The van der Waals surface area contributed by atoms with Crippen molar-refractivity contribution in [2.24, 2.45) is 0 Å². The molecule has 4 rings (SSSR count). The van der Waals surface area contributed by atoms with E-state index in [0.717, 1.165) is 27.9 Å². The van der Waals surface area contributed by atoms with Gasteiger partial charge in [0.2, 0.25) is 0 Å². The summed E-state index contributed by atoms with van der Waals surface area (Å²) >= 11 is 0. The molecule has 0 unspecified atom stereocenters. The Bertz CT molecular complexity index is 757. The lowest BCUT2D eigenvalue weighted by Crippen LogP contribution is -2.19. The van der Waals surface area contributed by atoms with Crippen molar-refractivity contribution in [2.75, 3.05) is 5.32 Å². The number of benzene rings is 1. The number of anilines is 1. The lowest BCUT2D eigenvalue weighted by molar-refractivity contribution is 0.612. The summed E-state index contributed by atoms with van der Waals surface area (Å²) in [5.74, 6) is 0.836. The molecule has 4 nitrogen and oxygen atoms in total. The maximum Gasteiger partial charge on any atom is 0.196 e. The van der Waals surface area contributed by atoms with Crippen LogP contribution in [0.15, 0.2) is 35.0 Å². The number of rotatable bonds is 2. The fourth-order valence-electron chi connectivity index (χ4n) is 3.24. The summed E-state index contributed by atoms with van der Waals surface area (Å²) in [7, 11) is 0. The van der Waals surface area contributed by atoms with Gasteiger partial charge in [0.15, 0.2) is 11.4 Å². The highest BCUT2D eigenvalue weighted by Crippen LogP contribution is 2.31. The molecule has 0 aliphatic heterocycles. The number of nitrogens with zero attached hydrogens (tertiary/aromatic N) is 2. The number of hydrogen-bond donors (Lipinski definition) is 1. The maximum atomic E-state index is 5.97. The van der Waals surface area contributed by atoms with Gasteiger partial charge in [0.05, 0.1) is 0 Å². The van der Waals surface area contributed by atoms with Gasteiger partial charge in [-0.15, -0.1) is 0 Å². The Morgan fingerprint density at radius 3 is 2.67 bits per heavy atom. The van der Waals surface area contributed by atoms with Crippen LogP contribution in [-0.2, 0) is 0 Å². The van der Waals surface area contributed by atoms with E-state index in [9.17, 15) is 0 Å². The Labute approximate surface area is 123 Å². The van der Waals surface area contributed by atoms with Gasteiger partial charge in [0.25, 0.3) is 0 Å². The van der Waals surface area contributed by atoms with Crippen LogP contribution >= 0.6 is 0 Å². The molecular weight excluding hydrogens is 262 g/mol. The Kier molecular flexibility index (Phi) is 3.22. The first-order valence-electron chi connectivity index (χ1n) is 7.80. The zero-order valence-electron chi connectivity index (χ0n) is 12.0. The molecule has 0 bridgehead atoms. The largest absolute Gasteiger partial charge is 0.450 e. The van der Waals surface area contributed by atoms with Crippen molar-refractivity contribution in [1.82, 2.24) is 9.97 Å². The van der Waals surface area contributed by atoms with Gasteiger partial charge in [-0.05, 0) is 25.0 Å². The highest BCUT2D eigenvalue weighted by molar-refractivity contribution is 6.05. The second-order valence-corrected chi connectivity index (χ2v) is 5.83. The van der Waals surface area contributed by atoms with E-state index in [2.05, 4.69) is 15.3 Å². The topological polar surface area (TPSA) is 51.0 Å². The highest BCUT2D eigenvalue weighted by atomic mass is 16.3. The molecule has 1 fully saturated rings. The third-order valence-corrected chi connectivity index (χ3v) is 4.35. The average Bonchev–Trinajstić information content (AvgIpc) is 2.70. The smallest absolute Gasteiger partial charge is 0.196 e. The van der Waals surface area contributed by atoms with Crippen molar-refractivity contribution in [3.8, 4) is 0 Å². The standard InChI is InChI=1S/C17H19N3O/c1-2-4-8-12(7-3-1)20-17-16-15(18-11-19-17)13-9-5-6-10-14(13)21-16/h5-6,9-12H,1-4,7-8H2,(H,18,19,20). The molecule has 0 atom stereocenters. The van der Waals surface area contributed by atoms with Crippen LogP contribution in [0.1, 0.15) is 38.5 Å². The fourth-order valence-corrected chi connectivity index (χ4v) is 3.24. The van der Waals surface area contributed by atoms with Crippen molar-refractivity contribution in [3.05, 3.63) is 30.6 Å². The van der Waals surface area contributed by atoms with E-state index in [1.165, 1.54) is 38.5 Å². The first kappa shape index (κ1) is 12.6. The summed E-state index contributed by atoms with van der Waals surface area (Å²) in [6.07, 6.45) is 9.35. The first-order valence-corrected chi connectivity index (χ1v) is 7.80. The molecule has 4 heteroatoms. The number of aromatic nitrogens is 2. The predicted octanol–water partition coefficient (Wildman–Crippen LogP) is 4.51. The summed E-state index contributed by atoms with van der Waals surface area (Å²) in [6, 6.07) is 8.52. The average molecular weight is 281 g/mol. The van der Waals surface area contributed by atoms with E-state index >= 15 is 0 Å². The summed E-state index contributed by atoms with van der Waals surface area (Å²) < 4.78 is 5.97. The third kappa shape index (κ3) is 2.35. The highest BCUT2D eigenvalue weighted by Gasteiger charge is 2.17. The number of para-hydroxylation sites is 1. The van der Waals surface area contributed by atoms with Gasteiger partial charge in [-0.25, -0.2) is 9.97 Å². The van der Waals surface area contributed by atoms with Crippen LogP contribution in [0.5, 0.6) is 0 Å². The molecule has 1 saturated carbocycles. The molecule has 2 heterocycles. The van der Waals surface area contributed by atoms with Gasteiger partial charge < -0.3 is 9.73 Å². The van der Waals surface area contributed by atoms with Crippen LogP contribution in [-0.4, -0.2) is 16.0 Å². The molecule has 1 N–H and O–H groups in total. The van der Waals surface area contributed by atoms with Crippen molar-refractivity contribution in [2.45, 2.75) is 44.6 Å². The SMILES string of the molecule is c1ccc2c(c1)oc1c(NC3CCCCCC3)ncnc12. The summed E-state index contributed by atoms with van der Waals surface area (Å²) in [5, 5.41) is 4.63. The molecule has 21 heavy (non-hydrogen) atoms. The van der Waals surface area contributed by atoms with Crippen molar-refractivity contribution < 1.29 is 4.42 Å². The van der Waals surface area contributed by atoms with E-state index in [4.69, 9.17) is 4.42 Å². The lowest BCUT2D eigenvalue weighted by Gasteiger charge is -2.16. The van der Waals surface area contributed by atoms with Crippen LogP contribution < -0.4 is 5.32 Å². The quantitative estimate of drug-likeness (QED) is 0.702. The summed E-state index contributed by atoms with van der Waals surface area (Å²) in [5.41, 5.74) is 2.55. The van der Waals surface area contributed by atoms with Crippen molar-refractivity contribution in [3.63, 3.8) is 0 Å². The molecule has 1 aliphatic carbocycles. The minimum absolute atomic E-state index is 0.499. The minimum Gasteiger partial charge on any atom is -0.450 e. The Morgan fingerprint density at radius 2 is 1.81 bits per heavy atom. The molecule has 0 spiro atoms. The van der Waals surface area contributed by atoms with Gasteiger partial charge in [0.1, 0.15) is 17.4 Å². The van der Waals surface area contributed by atoms with Crippen LogP contribution in [0, 0.1) is 0 Å². The van der Waals surface area contributed by atoms with Gasteiger partial charge >= 0.3 is 0 Å². The molecule has 0 saturated heterocycles. The predicted molar refractivity (Wildman–Crippen MR) is 84.4 cm³/mol. The zero-order valence-corrected chi connectivity index (χ0v) is 12.0. The number of nitrogens with one attached hydrogen (secondary N) is 1. The second kappa shape index (κ2) is 5.35. The van der Waals surface area contributed by atoms with Gasteiger partial charge in [0, 0.05) is 11.4 Å². The van der Waals surface area contributed by atoms with E-state index in [1.54, 1.807) is 6.33 Å². The summed E-state index contributed by atoms with van der Waals surface area (Å²) in [6.45, 7) is 0. The van der Waals surface area contributed by atoms with Crippen LogP contribution in [0.25, 0.3) is 22.1 Å². The van der Waals surface area contributed by atoms with Crippen LogP contribution in [0.4, 0.5) is 5.82 Å². The van der Waals surface area contributed by atoms with Crippen molar-refractivity contribution in [1.29, 1.82) is 0 Å². The Balaban J connectivity index is 1.74. The van der Waals surface area contributed by atoms with Gasteiger partial charge in [-0.1, -0.05) is 37.8 Å². The molecule has 0 amide bonds.